The summed E-state index contributed by atoms with van der Waals surface area (Å²) in [7, 11) is 0. The number of nitrogens with one attached hydrogen (secondary N) is 1. The quantitative estimate of drug-likeness (QED) is 0.908. The summed E-state index contributed by atoms with van der Waals surface area (Å²) in [6, 6.07) is 0. The monoisotopic (exact) mass is 261 g/mol. The molecule has 2 bridgehead atoms. The van der Waals surface area contributed by atoms with Crippen LogP contribution in [0.1, 0.15) is 56.2 Å². The van der Waals surface area contributed by atoms with E-state index in [1.54, 1.807) is 0 Å². The van der Waals surface area contributed by atoms with E-state index in [0.717, 1.165) is 49.0 Å². The first-order chi connectivity index (χ1) is 9.38. The van der Waals surface area contributed by atoms with E-state index < -0.39 is 0 Å². The molecular weight excluding hydrogens is 238 g/mol. The summed E-state index contributed by atoms with van der Waals surface area (Å²) in [4.78, 5) is 4.66. The normalized spacial score (nSPS) is 37.9. The summed E-state index contributed by atoms with van der Waals surface area (Å²) in [5.41, 5.74) is 0. The third-order valence-electron chi connectivity index (χ3n) is 5.47. The zero-order valence-corrected chi connectivity index (χ0v) is 11.5. The van der Waals surface area contributed by atoms with Crippen molar-refractivity contribution in [3.8, 4) is 0 Å². The van der Waals surface area contributed by atoms with E-state index in [9.17, 15) is 0 Å². The second kappa shape index (κ2) is 4.89. The van der Waals surface area contributed by atoms with Crippen molar-refractivity contribution in [3.05, 3.63) is 11.7 Å². The highest BCUT2D eigenvalue weighted by molar-refractivity contribution is 5.00. The Morgan fingerprint density at radius 2 is 2.21 bits per heavy atom. The van der Waals surface area contributed by atoms with Crippen LogP contribution in [0.25, 0.3) is 0 Å². The summed E-state index contributed by atoms with van der Waals surface area (Å²) in [5, 5.41) is 7.63. The Bertz CT molecular complexity index is 438. The van der Waals surface area contributed by atoms with Crippen LogP contribution < -0.4 is 5.32 Å². The van der Waals surface area contributed by atoms with Gasteiger partial charge in [-0.05, 0) is 56.4 Å². The van der Waals surface area contributed by atoms with E-state index in [1.807, 2.05) is 0 Å². The van der Waals surface area contributed by atoms with Crippen LogP contribution in [0.2, 0.25) is 0 Å². The molecule has 4 nitrogen and oxygen atoms in total. The van der Waals surface area contributed by atoms with Gasteiger partial charge in [-0.3, -0.25) is 0 Å². The minimum Gasteiger partial charge on any atom is -0.339 e. The van der Waals surface area contributed by atoms with E-state index >= 15 is 0 Å². The lowest BCUT2D eigenvalue weighted by Gasteiger charge is -2.20. The van der Waals surface area contributed by atoms with Gasteiger partial charge in [0.1, 0.15) is 0 Å². The maximum Gasteiger partial charge on any atom is 0.226 e. The van der Waals surface area contributed by atoms with E-state index in [4.69, 9.17) is 4.52 Å². The average molecular weight is 261 g/mol. The molecule has 19 heavy (non-hydrogen) atoms. The van der Waals surface area contributed by atoms with Crippen molar-refractivity contribution in [1.29, 1.82) is 0 Å². The fraction of sp³-hybridized carbons (Fsp3) is 0.867. The molecule has 2 aliphatic carbocycles. The highest BCUT2D eigenvalue weighted by atomic mass is 16.5. The molecule has 1 saturated heterocycles. The number of aromatic nitrogens is 2. The standard InChI is InChI=1S/C15H23N3O/c1-2-12(9-16-5-1)15-17-14(19-18-15)8-13-7-10-3-4-11(13)6-10/h10-13,16H,1-9H2. The van der Waals surface area contributed by atoms with Gasteiger partial charge in [-0.15, -0.1) is 0 Å². The number of hydrogen-bond acceptors (Lipinski definition) is 4. The molecule has 0 aromatic carbocycles. The molecule has 1 aliphatic heterocycles. The third kappa shape index (κ3) is 2.31. The van der Waals surface area contributed by atoms with Crippen LogP contribution in [0.15, 0.2) is 4.52 Å². The summed E-state index contributed by atoms with van der Waals surface area (Å²) in [5.74, 6) is 5.04. The molecule has 2 saturated carbocycles. The van der Waals surface area contributed by atoms with Crippen LogP contribution in [-0.2, 0) is 6.42 Å². The lowest BCUT2D eigenvalue weighted by Crippen LogP contribution is -2.28. The number of rotatable bonds is 3. The predicted molar refractivity (Wildman–Crippen MR) is 71.8 cm³/mol. The van der Waals surface area contributed by atoms with Crippen LogP contribution in [0.3, 0.4) is 0 Å². The van der Waals surface area contributed by atoms with Crippen LogP contribution in [0.4, 0.5) is 0 Å². The molecule has 0 amide bonds. The maximum atomic E-state index is 5.50. The minimum atomic E-state index is 0.464. The van der Waals surface area contributed by atoms with Crippen LogP contribution >= 0.6 is 0 Å². The molecule has 1 N–H and O–H groups in total. The lowest BCUT2D eigenvalue weighted by molar-refractivity contribution is 0.286. The van der Waals surface area contributed by atoms with Crippen molar-refractivity contribution < 1.29 is 4.52 Å². The molecule has 0 radical (unpaired) electrons. The molecule has 2 heterocycles. The zero-order valence-electron chi connectivity index (χ0n) is 11.5. The van der Waals surface area contributed by atoms with Crippen molar-refractivity contribution in [1.82, 2.24) is 15.5 Å². The Morgan fingerprint density at radius 3 is 2.95 bits per heavy atom. The number of nitrogens with zero attached hydrogens (tertiary/aromatic N) is 2. The second-order valence-electron chi connectivity index (χ2n) is 6.73. The van der Waals surface area contributed by atoms with Crippen molar-refractivity contribution in [3.63, 3.8) is 0 Å². The van der Waals surface area contributed by atoms with Crippen molar-refractivity contribution in [2.45, 2.75) is 50.9 Å². The van der Waals surface area contributed by atoms with Crippen LogP contribution in [0, 0.1) is 17.8 Å². The van der Waals surface area contributed by atoms with E-state index in [2.05, 4.69) is 15.5 Å². The highest BCUT2D eigenvalue weighted by Crippen LogP contribution is 2.49. The molecule has 1 aromatic rings. The van der Waals surface area contributed by atoms with Gasteiger partial charge in [0.05, 0.1) is 0 Å². The molecular formula is C15H23N3O. The molecule has 3 fully saturated rings. The third-order valence-corrected chi connectivity index (χ3v) is 5.47. The smallest absolute Gasteiger partial charge is 0.226 e. The van der Waals surface area contributed by atoms with Gasteiger partial charge in [0, 0.05) is 18.9 Å². The Hall–Kier alpha value is -0.900. The van der Waals surface area contributed by atoms with E-state index in [-0.39, 0.29) is 0 Å². The predicted octanol–water partition coefficient (Wildman–Crippen LogP) is 2.52. The summed E-state index contributed by atoms with van der Waals surface area (Å²) in [6.07, 6.45) is 9.19. The van der Waals surface area contributed by atoms with Gasteiger partial charge in [0.15, 0.2) is 5.82 Å². The molecule has 4 unspecified atom stereocenters. The van der Waals surface area contributed by atoms with Crippen LogP contribution in [0.5, 0.6) is 0 Å². The van der Waals surface area contributed by atoms with E-state index in [1.165, 1.54) is 38.5 Å². The van der Waals surface area contributed by atoms with E-state index in [0.29, 0.717) is 5.92 Å². The zero-order chi connectivity index (χ0) is 12.7. The van der Waals surface area contributed by atoms with Gasteiger partial charge in [0.2, 0.25) is 5.89 Å². The van der Waals surface area contributed by atoms with Gasteiger partial charge in [-0.2, -0.15) is 4.98 Å². The molecule has 4 heteroatoms. The average Bonchev–Trinajstić information content (AvgIpc) is 3.16. The fourth-order valence-electron chi connectivity index (χ4n) is 4.44. The minimum absolute atomic E-state index is 0.464. The number of hydrogen-bond donors (Lipinski definition) is 1. The number of fused-ring (bicyclic) bond motifs is 2. The fourth-order valence-corrected chi connectivity index (χ4v) is 4.44. The summed E-state index contributed by atoms with van der Waals surface area (Å²) in [6.45, 7) is 2.14. The molecule has 4 atom stereocenters. The Labute approximate surface area is 114 Å². The highest BCUT2D eigenvalue weighted by Gasteiger charge is 2.40. The summed E-state index contributed by atoms with van der Waals surface area (Å²) < 4.78 is 5.50. The van der Waals surface area contributed by atoms with Crippen molar-refractivity contribution >= 4 is 0 Å². The molecule has 3 aliphatic rings. The lowest BCUT2D eigenvalue weighted by atomic mass is 9.86. The Balaban J connectivity index is 1.40. The van der Waals surface area contributed by atoms with Crippen molar-refractivity contribution in [2.24, 2.45) is 17.8 Å². The second-order valence-corrected chi connectivity index (χ2v) is 6.73. The van der Waals surface area contributed by atoms with Gasteiger partial charge in [-0.1, -0.05) is 11.6 Å². The Morgan fingerprint density at radius 1 is 1.21 bits per heavy atom. The van der Waals surface area contributed by atoms with Crippen molar-refractivity contribution in [2.75, 3.05) is 13.1 Å². The molecule has 4 rings (SSSR count). The topological polar surface area (TPSA) is 51.0 Å². The molecule has 1 aromatic heterocycles. The van der Waals surface area contributed by atoms with Gasteiger partial charge < -0.3 is 9.84 Å². The summed E-state index contributed by atoms with van der Waals surface area (Å²) >= 11 is 0. The SMILES string of the molecule is C1CNCC(c2noc(CC3CC4CCC3C4)n2)C1. The molecule has 104 valence electrons. The maximum absolute atomic E-state index is 5.50. The first-order valence-corrected chi connectivity index (χ1v) is 7.91. The van der Waals surface area contributed by atoms with Gasteiger partial charge in [-0.25, -0.2) is 0 Å². The Kier molecular flexibility index (Phi) is 3.06. The van der Waals surface area contributed by atoms with Crippen LogP contribution in [-0.4, -0.2) is 23.2 Å². The first kappa shape index (κ1) is 11.9. The largest absolute Gasteiger partial charge is 0.339 e. The number of piperidine rings is 1. The molecule has 0 spiro atoms. The van der Waals surface area contributed by atoms with Gasteiger partial charge in [0.25, 0.3) is 0 Å². The van der Waals surface area contributed by atoms with Gasteiger partial charge >= 0.3 is 0 Å². The first-order valence-electron chi connectivity index (χ1n) is 7.91.